The van der Waals surface area contributed by atoms with Crippen molar-refractivity contribution in [1.82, 2.24) is 5.32 Å². The molecule has 6 heteroatoms. The molecule has 0 bridgehead atoms. The minimum atomic E-state index is -0.338. The Bertz CT molecular complexity index is 438. The van der Waals surface area contributed by atoms with Gasteiger partial charge in [-0.3, -0.25) is 4.79 Å². The van der Waals surface area contributed by atoms with Gasteiger partial charge < -0.3 is 5.32 Å². The first kappa shape index (κ1) is 16.3. The zero-order valence-electron chi connectivity index (χ0n) is 10.1. The maximum absolute atomic E-state index is 12.2. The Kier molecular flexibility index (Phi) is 6.51. The largest absolute Gasteiger partial charge is 0.345 e. The molecule has 1 N–H and O–H groups in total. The zero-order valence-corrected chi connectivity index (χ0v) is 14.8. The molecular weight excluding hydrogens is 401 g/mol. The molecule has 0 atom stereocenters. The Hall–Kier alpha value is 0.290. The highest BCUT2D eigenvalue weighted by atomic mass is 79.9. The third-order valence-electron chi connectivity index (χ3n) is 2.42. The average molecular weight is 416 g/mol. The average Bonchev–Trinajstić information content (AvgIpc) is 2.39. The van der Waals surface area contributed by atoms with E-state index >= 15 is 0 Å². The fourth-order valence-electron chi connectivity index (χ4n) is 1.25. The molecule has 0 unspecified atom stereocenters. The summed E-state index contributed by atoms with van der Waals surface area (Å²) in [6.07, 6.45) is 1.96. The van der Waals surface area contributed by atoms with Crippen molar-refractivity contribution in [3.05, 3.63) is 28.8 Å². The number of benzene rings is 1. The van der Waals surface area contributed by atoms with Crippen molar-refractivity contribution in [3.63, 3.8) is 0 Å². The normalized spacial score (nSPS) is 11.4. The van der Waals surface area contributed by atoms with Crippen LogP contribution in [0.15, 0.2) is 23.1 Å². The summed E-state index contributed by atoms with van der Waals surface area (Å²) in [5.74, 6) is -0.155. The molecule has 0 aliphatic heterocycles. The van der Waals surface area contributed by atoms with Gasteiger partial charge in [0.1, 0.15) is 0 Å². The van der Waals surface area contributed by atoms with E-state index in [1.165, 1.54) is 0 Å². The third kappa shape index (κ3) is 4.15. The Morgan fingerprint density at radius 1 is 1.44 bits per heavy atom. The van der Waals surface area contributed by atoms with E-state index in [9.17, 15) is 4.79 Å². The molecule has 0 aliphatic rings. The number of thioether (sulfide) groups is 1. The van der Waals surface area contributed by atoms with Crippen LogP contribution >= 0.6 is 55.2 Å². The minimum Gasteiger partial charge on any atom is -0.345 e. The van der Waals surface area contributed by atoms with Crippen LogP contribution in [0.4, 0.5) is 0 Å². The minimum absolute atomic E-state index is 0.155. The fraction of sp³-hybridized carbons (Fsp3) is 0.417. The Morgan fingerprint density at radius 2 is 2.06 bits per heavy atom. The van der Waals surface area contributed by atoms with Crippen molar-refractivity contribution in [3.8, 4) is 0 Å². The maximum atomic E-state index is 12.2. The Labute approximate surface area is 133 Å². The van der Waals surface area contributed by atoms with E-state index in [1.807, 2.05) is 25.3 Å². The topological polar surface area (TPSA) is 29.1 Å². The molecule has 1 aromatic rings. The highest BCUT2D eigenvalue weighted by Crippen LogP contribution is 2.24. The van der Waals surface area contributed by atoms with Crippen molar-refractivity contribution in [2.24, 2.45) is 0 Å². The zero-order chi connectivity index (χ0) is 13.8. The number of carbonyl (C=O) groups excluding carboxylic acids is 1. The molecule has 18 heavy (non-hydrogen) atoms. The van der Waals surface area contributed by atoms with Crippen LogP contribution in [0, 0.1) is 0 Å². The summed E-state index contributed by atoms with van der Waals surface area (Å²) in [6.45, 7) is 1.96. The van der Waals surface area contributed by atoms with Gasteiger partial charge in [0.25, 0.3) is 5.91 Å². The van der Waals surface area contributed by atoms with Gasteiger partial charge in [0, 0.05) is 15.6 Å². The number of halogens is 3. The lowest BCUT2D eigenvalue weighted by Gasteiger charge is -2.26. The van der Waals surface area contributed by atoms with E-state index in [2.05, 4.69) is 37.2 Å². The number of nitrogens with one attached hydrogen (secondary N) is 1. The predicted molar refractivity (Wildman–Crippen MR) is 86.7 cm³/mol. The number of amides is 1. The quantitative estimate of drug-likeness (QED) is 0.573. The van der Waals surface area contributed by atoms with Crippen LogP contribution in [-0.4, -0.2) is 28.4 Å². The number of hydrogen-bond donors (Lipinski definition) is 1. The summed E-state index contributed by atoms with van der Waals surface area (Å²) < 4.78 is 0. The van der Waals surface area contributed by atoms with Gasteiger partial charge in [-0.05, 0) is 31.4 Å². The van der Waals surface area contributed by atoms with Crippen molar-refractivity contribution in [1.29, 1.82) is 0 Å². The van der Waals surface area contributed by atoms with E-state index in [4.69, 9.17) is 11.6 Å². The van der Waals surface area contributed by atoms with Gasteiger partial charge in [-0.25, -0.2) is 0 Å². The molecule has 0 aliphatic carbocycles. The van der Waals surface area contributed by atoms with E-state index in [0.29, 0.717) is 21.2 Å². The predicted octanol–water partition coefficient (Wildman–Crippen LogP) is 4.34. The summed E-state index contributed by atoms with van der Waals surface area (Å²) >= 11 is 14.4. The molecule has 1 rings (SSSR count). The second kappa shape index (κ2) is 7.17. The first-order valence-electron chi connectivity index (χ1n) is 5.24. The molecule has 100 valence electrons. The summed E-state index contributed by atoms with van der Waals surface area (Å²) in [5, 5.41) is 4.77. The molecule has 0 spiro atoms. The molecule has 0 heterocycles. The third-order valence-corrected chi connectivity index (χ3v) is 5.95. The SMILES string of the molecule is CSc1ccc(Cl)c(C(=O)NC(C)(CBr)CBr)c1. The van der Waals surface area contributed by atoms with Gasteiger partial charge in [0.2, 0.25) is 0 Å². The number of alkyl halides is 2. The van der Waals surface area contributed by atoms with E-state index in [-0.39, 0.29) is 11.4 Å². The van der Waals surface area contributed by atoms with Crippen LogP contribution < -0.4 is 5.32 Å². The van der Waals surface area contributed by atoms with E-state index in [0.717, 1.165) is 4.90 Å². The lowest BCUT2D eigenvalue weighted by Crippen LogP contribution is -2.49. The maximum Gasteiger partial charge on any atom is 0.253 e. The number of carbonyl (C=O) groups is 1. The van der Waals surface area contributed by atoms with Gasteiger partial charge in [-0.2, -0.15) is 0 Å². The molecule has 1 aromatic carbocycles. The van der Waals surface area contributed by atoms with Gasteiger partial charge >= 0.3 is 0 Å². The molecular formula is C12H14Br2ClNOS. The first-order chi connectivity index (χ1) is 8.45. The highest BCUT2D eigenvalue weighted by Gasteiger charge is 2.25. The van der Waals surface area contributed by atoms with Crippen LogP contribution in [0.25, 0.3) is 0 Å². The van der Waals surface area contributed by atoms with Crippen LogP contribution in [-0.2, 0) is 0 Å². The van der Waals surface area contributed by atoms with Gasteiger partial charge in [0.15, 0.2) is 0 Å². The van der Waals surface area contributed by atoms with Crippen molar-refractivity contribution < 1.29 is 4.79 Å². The van der Waals surface area contributed by atoms with Gasteiger partial charge in [-0.1, -0.05) is 43.5 Å². The van der Waals surface area contributed by atoms with Crippen LogP contribution in [0.3, 0.4) is 0 Å². The molecule has 2 nitrogen and oxygen atoms in total. The summed E-state index contributed by atoms with van der Waals surface area (Å²) in [4.78, 5) is 13.2. The van der Waals surface area contributed by atoms with Crippen LogP contribution in [0.1, 0.15) is 17.3 Å². The summed E-state index contributed by atoms with van der Waals surface area (Å²) in [7, 11) is 0. The molecule has 0 saturated heterocycles. The van der Waals surface area contributed by atoms with Crippen LogP contribution in [0.2, 0.25) is 5.02 Å². The highest BCUT2D eigenvalue weighted by molar-refractivity contribution is 9.09. The Morgan fingerprint density at radius 3 is 2.56 bits per heavy atom. The van der Waals surface area contributed by atoms with Crippen LogP contribution in [0.5, 0.6) is 0 Å². The number of hydrogen-bond acceptors (Lipinski definition) is 2. The summed E-state index contributed by atoms with van der Waals surface area (Å²) in [6, 6.07) is 5.46. The van der Waals surface area contributed by atoms with Gasteiger partial charge in [-0.15, -0.1) is 11.8 Å². The Balaban J connectivity index is 2.97. The van der Waals surface area contributed by atoms with Crippen molar-refractivity contribution in [2.45, 2.75) is 17.4 Å². The van der Waals surface area contributed by atoms with Gasteiger partial charge in [0.05, 0.1) is 16.1 Å². The lowest BCUT2D eigenvalue weighted by molar-refractivity contribution is 0.0923. The smallest absolute Gasteiger partial charge is 0.253 e. The molecule has 0 fully saturated rings. The summed E-state index contributed by atoms with van der Waals surface area (Å²) in [5.41, 5.74) is 0.173. The fourth-order valence-corrected chi connectivity index (χ4v) is 3.10. The van der Waals surface area contributed by atoms with E-state index < -0.39 is 0 Å². The first-order valence-corrected chi connectivity index (χ1v) is 9.08. The second-order valence-corrected chi connectivity index (χ2v) is 6.54. The van der Waals surface area contributed by atoms with E-state index in [1.54, 1.807) is 17.8 Å². The second-order valence-electron chi connectivity index (χ2n) is 4.13. The standard InChI is InChI=1S/C12H14Br2ClNOS/c1-12(6-13,7-14)16-11(17)9-5-8(18-2)3-4-10(9)15/h3-5H,6-7H2,1-2H3,(H,16,17). The molecule has 1 amide bonds. The lowest BCUT2D eigenvalue weighted by atomic mass is 10.1. The molecule has 0 saturated carbocycles. The molecule has 0 radical (unpaired) electrons. The van der Waals surface area contributed by atoms with Crippen molar-refractivity contribution in [2.75, 3.05) is 16.9 Å². The number of rotatable bonds is 5. The van der Waals surface area contributed by atoms with Crippen molar-refractivity contribution >= 4 is 61.1 Å². The monoisotopic (exact) mass is 413 g/mol. The molecule has 0 aromatic heterocycles.